The van der Waals surface area contributed by atoms with Crippen molar-refractivity contribution < 1.29 is 4.42 Å². The maximum atomic E-state index is 6.23. The summed E-state index contributed by atoms with van der Waals surface area (Å²) in [6.45, 7) is 0. The van der Waals surface area contributed by atoms with E-state index in [0.717, 1.165) is 16.6 Å². The molecule has 0 unspecified atom stereocenters. The van der Waals surface area contributed by atoms with Crippen LogP contribution in [0.2, 0.25) is 0 Å². The van der Waals surface area contributed by atoms with Gasteiger partial charge in [-0.25, -0.2) is 0 Å². The van der Waals surface area contributed by atoms with Gasteiger partial charge in [0.15, 0.2) is 0 Å². The Hall–Kier alpha value is -4.79. The lowest BCUT2D eigenvalue weighted by Crippen LogP contribution is -1.94. The third kappa shape index (κ3) is 3.05. The van der Waals surface area contributed by atoms with Crippen LogP contribution in [0.4, 0.5) is 0 Å². The SMILES string of the molecule is c1ccc2c(c1)Sc1ccc(-c3ccc(-c4cccc5oc6ccccc6c45)c4ccccc34)c3cccc-2c13. The summed E-state index contributed by atoms with van der Waals surface area (Å²) in [5.74, 6) is 0. The molecule has 1 aromatic heterocycles. The summed E-state index contributed by atoms with van der Waals surface area (Å²) >= 11 is 1.88. The third-order valence-electron chi connectivity index (χ3n) is 8.31. The van der Waals surface area contributed by atoms with Gasteiger partial charge in [-0.05, 0) is 73.8 Å². The quantitative estimate of drug-likeness (QED) is 0.222. The standard InChI is InChI=1S/C38H22OS/c1-2-10-24-23(9-1)25(19-20-26(24)29-15-8-17-34-37(29)32-12-3-5-16-33(32)39-34)27-21-22-36-38-30(27)13-7-14-31(38)28-11-4-6-18-35(28)40-36/h1-22H. The first-order valence-corrected chi connectivity index (χ1v) is 14.4. The maximum Gasteiger partial charge on any atom is 0.136 e. The molecule has 2 heterocycles. The van der Waals surface area contributed by atoms with Gasteiger partial charge in [0.25, 0.3) is 0 Å². The molecular weight excluding hydrogens is 504 g/mol. The van der Waals surface area contributed by atoms with Crippen molar-refractivity contribution in [2.75, 3.05) is 0 Å². The molecule has 1 aliphatic rings. The predicted molar refractivity (Wildman–Crippen MR) is 169 cm³/mol. The zero-order valence-electron chi connectivity index (χ0n) is 21.5. The molecule has 0 saturated carbocycles. The summed E-state index contributed by atoms with van der Waals surface area (Å²) in [7, 11) is 0. The number of rotatable bonds is 2. The van der Waals surface area contributed by atoms with E-state index >= 15 is 0 Å². The Kier molecular flexibility index (Phi) is 4.61. The first-order valence-electron chi connectivity index (χ1n) is 13.6. The predicted octanol–water partition coefficient (Wildman–Crippen LogP) is 11.4. The molecule has 1 aliphatic heterocycles. The molecule has 2 heteroatoms. The lowest BCUT2D eigenvalue weighted by Gasteiger charge is -2.22. The molecule has 0 spiro atoms. The molecule has 9 rings (SSSR count). The highest BCUT2D eigenvalue weighted by molar-refractivity contribution is 7.99. The monoisotopic (exact) mass is 526 g/mol. The molecule has 0 bridgehead atoms. The zero-order valence-corrected chi connectivity index (χ0v) is 22.3. The van der Waals surface area contributed by atoms with Gasteiger partial charge in [-0.1, -0.05) is 121 Å². The average Bonchev–Trinajstić information content (AvgIpc) is 3.40. The fourth-order valence-corrected chi connectivity index (χ4v) is 7.71. The number of hydrogen-bond acceptors (Lipinski definition) is 2. The van der Waals surface area contributed by atoms with Gasteiger partial charge in [-0.2, -0.15) is 0 Å². The summed E-state index contributed by atoms with van der Waals surface area (Å²) in [6.07, 6.45) is 0. The van der Waals surface area contributed by atoms with E-state index in [-0.39, 0.29) is 0 Å². The summed E-state index contributed by atoms with van der Waals surface area (Å²) in [5.41, 5.74) is 9.46. The highest BCUT2D eigenvalue weighted by atomic mass is 32.2. The normalized spacial score (nSPS) is 12.4. The van der Waals surface area contributed by atoms with Crippen molar-refractivity contribution >= 4 is 55.2 Å². The van der Waals surface area contributed by atoms with E-state index in [1.165, 1.54) is 70.1 Å². The average molecular weight is 527 g/mol. The molecule has 0 N–H and O–H groups in total. The molecule has 0 aliphatic carbocycles. The first kappa shape index (κ1) is 22.1. The van der Waals surface area contributed by atoms with Gasteiger partial charge in [-0.3, -0.25) is 0 Å². The Morgan fingerprint density at radius 3 is 1.73 bits per heavy atom. The fraction of sp³-hybridized carbons (Fsp3) is 0. The van der Waals surface area contributed by atoms with Crippen molar-refractivity contribution in [3.05, 3.63) is 133 Å². The minimum Gasteiger partial charge on any atom is -0.456 e. The van der Waals surface area contributed by atoms with Crippen LogP contribution in [0, 0.1) is 0 Å². The molecule has 0 atom stereocenters. The van der Waals surface area contributed by atoms with Gasteiger partial charge in [0, 0.05) is 25.9 Å². The Morgan fingerprint density at radius 1 is 0.325 bits per heavy atom. The Bertz CT molecular complexity index is 2310. The molecule has 0 saturated heterocycles. The zero-order chi connectivity index (χ0) is 26.2. The van der Waals surface area contributed by atoms with E-state index in [1.807, 2.05) is 17.8 Å². The van der Waals surface area contributed by atoms with Crippen LogP contribution in [0.15, 0.2) is 148 Å². The topological polar surface area (TPSA) is 13.1 Å². The van der Waals surface area contributed by atoms with Crippen LogP contribution in [0.3, 0.4) is 0 Å². The number of fused-ring (bicyclic) bond motifs is 6. The molecule has 0 fully saturated rings. The van der Waals surface area contributed by atoms with Crippen LogP contribution in [0.5, 0.6) is 0 Å². The molecule has 8 aromatic rings. The molecule has 0 amide bonds. The molecular formula is C38H22OS. The molecule has 7 aromatic carbocycles. The smallest absolute Gasteiger partial charge is 0.136 e. The second-order valence-corrected chi connectivity index (χ2v) is 11.5. The minimum absolute atomic E-state index is 0.924. The van der Waals surface area contributed by atoms with Crippen molar-refractivity contribution in [2.24, 2.45) is 0 Å². The van der Waals surface area contributed by atoms with Crippen LogP contribution < -0.4 is 0 Å². The van der Waals surface area contributed by atoms with E-state index in [0.29, 0.717) is 0 Å². The van der Waals surface area contributed by atoms with E-state index in [2.05, 4.69) is 127 Å². The van der Waals surface area contributed by atoms with Crippen molar-refractivity contribution in [3.63, 3.8) is 0 Å². The molecule has 40 heavy (non-hydrogen) atoms. The van der Waals surface area contributed by atoms with E-state index in [4.69, 9.17) is 4.42 Å². The minimum atomic E-state index is 0.924. The number of para-hydroxylation sites is 1. The first-order chi connectivity index (χ1) is 19.8. The Labute approximate surface area is 235 Å². The highest BCUT2D eigenvalue weighted by Crippen LogP contribution is 2.50. The van der Waals surface area contributed by atoms with Gasteiger partial charge in [0.1, 0.15) is 11.2 Å². The van der Waals surface area contributed by atoms with Crippen LogP contribution in [0.25, 0.3) is 76.9 Å². The lowest BCUT2D eigenvalue weighted by molar-refractivity contribution is 0.669. The summed E-state index contributed by atoms with van der Waals surface area (Å²) in [5, 5.41) is 7.49. The van der Waals surface area contributed by atoms with E-state index in [1.54, 1.807) is 0 Å². The summed E-state index contributed by atoms with van der Waals surface area (Å²) in [4.78, 5) is 2.65. The highest BCUT2D eigenvalue weighted by Gasteiger charge is 2.21. The van der Waals surface area contributed by atoms with E-state index < -0.39 is 0 Å². The number of benzene rings is 7. The second kappa shape index (κ2) is 8.35. The van der Waals surface area contributed by atoms with Gasteiger partial charge < -0.3 is 4.42 Å². The van der Waals surface area contributed by atoms with Gasteiger partial charge >= 0.3 is 0 Å². The largest absolute Gasteiger partial charge is 0.456 e. The summed E-state index contributed by atoms with van der Waals surface area (Å²) < 4.78 is 6.23. The van der Waals surface area contributed by atoms with Crippen molar-refractivity contribution in [1.82, 2.24) is 0 Å². The number of hydrogen-bond donors (Lipinski definition) is 0. The van der Waals surface area contributed by atoms with Gasteiger partial charge in [0.2, 0.25) is 0 Å². The third-order valence-corrected chi connectivity index (χ3v) is 9.44. The van der Waals surface area contributed by atoms with E-state index in [9.17, 15) is 0 Å². The van der Waals surface area contributed by atoms with Gasteiger partial charge in [0.05, 0.1) is 0 Å². The molecule has 186 valence electrons. The fourth-order valence-electron chi connectivity index (χ4n) is 6.58. The van der Waals surface area contributed by atoms with Crippen LogP contribution in [-0.2, 0) is 0 Å². The second-order valence-electron chi connectivity index (χ2n) is 10.4. The lowest BCUT2D eigenvalue weighted by atomic mass is 9.87. The van der Waals surface area contributed by atoms with Crippen molar-refractivity contribution in [2.45, 2.75) is 9.79 Å². The molecule has 0 radical (unpaired) electrons. The van der Waals surface area contributed by atoms with Gasteiger partial charge in [-0.15, -0.1) is 0 Å². The van der Waals surface area contributed by atoms with Crippen LogP contribution >= 0.6 is 11.8 Å². The van der Waals surface area contributed by atoms with Crippen molar-refractivity contribution in [3.8, 4) is 33.4 Å². The maximum absolute atomic E-state index is 6.23. The Morgan fingerprint density at radius 2 is 0.875 bits per heavy atom. The summed E-state index contributed by atoms with van der Waals surface area (Å²) in [6, 6.07) is 48.3. The van der Waals surface area contributed by atoms with Crippen LogP contribution in [0.1, 0.15) is 0 Å². The Balaban J connectivity index is 1.32. The molecule has 1 nitrogen and oxygen atoms in total. The van der Waals surface area contributed by atoms with Crippen LogP contribution in [-0.4, -0.2) is 0 Å². The van der Waals surface area contributed by atoms with Crippen molar-refractivity contribution in [1.29, 1.82) is 0 Å². The number of furan rings is 1.